The lowest BCUT2D eigenvalue weighted by Gasteiger charge is -2.26. The molecule has 0 unspecified atom stereocenters. The predicted octanol–water partition coefficient (Wildman–Crippen LogP) is 1.66. The van der Waals surface area contributed by atoms with E-state index in [0.717, 1.165) is 5.69 Å². The van der Waals surface area contributed by atoms with Gasteiger partial charge in [-0.25, -0.2) is 0 Å². The molecule has 0 aliphatic carbocycles. The van der Waals surface area contributed by atoms with Crippen LogP contribution in [0.15, 0.2) is 29.4 Å². The van der Waals surface area contributed by atoms with Crippen molar-refractivity contribution in [2.75, 3.05) is 32.1 Å². The Hall–Kier alpha value is -1.64. The second-order valence-corrected chi connectivity index (χ2v) is 6.44. The summed E-state index contributed by atoms with van der Waals surface area (Å²) in [6.07, 6.45) is 0.456. The molecule has 1 aromatic carbocycles. The van der Waals surface area contributed by atoms with Crippen LogP contribution in [0.25, 0.3) is 5.69 Å². The number of thioether (sulfide) groups is 1. The standard InChI is InChI=1S/C14H16ClN5O2S/c15-11-1-3-12(4-2-11)20-14(16-17-18-20)23-10-5-13(21)19-6-8-22-9-7-19/h1-4H,5-10H2. The first kappa shape index (κ1) is 16.2. The Morgan fingerprint density at radius 3 is 2.74 bits per heavy atom. The third-order valence-electron chi connectivity index (χ3n) is 3.42. The molecule has 7 nitrogen and oxygen atoms in total. The van der Waals surface area contributed by atoms with Gasteiger partial charge >= 0.3 is 0 Å². The van der Waals surface area contributed by atoms with Crippen LogP contribution in [0.4, 0.5) is 0 Å². The van der Waals surface area contributed by atoms with Gasteiger partial charge in [0, 0.05) is 30.3 Å². The molecule has 23 heavy (non-hydrogen) atoms. The second kappa shape index (κ2) is 7.76. The summed E-state index contributed by atoms with van der Waals surface area (Å²) in [4.78, 5) is 13.9. The number of ether oxygens (including phenoxy) is 1. The number of rotatable bonds is 5. The van der Waals surface area contributed by atoms with E-state index >= 15 is 0 Å². The molecule has 9 heteroatoms. The van der Waals surface area contributed by atoms with Gasteiger partial charge in [-0.1, -0.05) is 23.4 Å². The molecule has 1 fully saturated rings. The van der Waals surface area contributed by atoms with Crippen LogP contribution in [0.2, 0.25) is 5.02 Å². The number of halogens is 1. The molecule has 2 aromatic rings. The van der Waals surface area contributed by atoms with Crippen molar-refractivity contribution >= 4 is 29.3 Å². The Morgan fingerprint density at radius 1 is 1.26 bits per heavy atom. The summed E-state index contributed by atoms with van der Waals surface area (Å²) in [6, 6.07) is 7.27. The zero-order valence-corrected chi connectivity index (χ0v) is 14.0. The molecule has 1 aromatic heterocycles. The van der Waals surface area contributed by atoms with Gasteiger partial charge in [-0.2, -0.15) is 4.68 Å². The van der Waals surface area contributed by atoms with Gasteiger partial charge in [-0.05, 0) is 34.7 Å². The van der Waals surface area contributed by atoms with Crippen LogP contribution < -0.4 is 0 Å². The summed E-state index contributed by atoms with van der Waals surface area (Å²) in [5, 5.41) is 13.0. The number of morpholine rings is 1. The monoisotopic (exact) mass is 353 g/mol. The molecule has 1 aliphatic rings. The van der Waals surface area contributed by atoms with Gasteiger partial charge in [0.15, 0.2) is 0 Å². The quantitative estimate of drug-likeness (QED) is 0.761. The van der Waals surface area contributed by atoms with E-state index in [1.807, 2.05) is 17.0 Å². The summed E-state index contributed by atoms with van der Waals surface area (Å²) in [5.74, 6) is 0.774. The van der Waals surface area contributed by atoms with Crippen LogP contribution in [-0.4, -0.2) is 63.1 Å². The Balaban J connectivity index is 1.56. The summed E-state index contributed by atoms with van der Waals surface area (Å²) in [5.41, 5.74) is 0.835. The normalized spacial score (nSPS) is 14.9. The van der Waals surface area contributed by atoms with Crippen LogP contribution in [0, 0.1) is 0 Å². The summed E-state index contributed by atoms with van der Waals surface area (Å²) < 4.78 is 6.89. The van der Waals surface area contributed by atoms with Gasteiger partial charge in [-0.3, -0.25) is 4.79 Å². The SMILES string of the molecule is O=C(CCSc1nnnn1-c1ccc(Cl)cc1)N1CCOCC1. The molecule has 3 rings (SSSR count). The number of aromatic nitrogens is 4. The molecule has 0 spiro atoms. The highest BCUT2D eigenvalue weighted by molar-refractivity contribution is 7.99. The van der Waals surface area contributed by atoms with E-state index in [1.165, 1.54) is 11.8 Å². The van der Waals surface area contributed by atoms with E-state index in [9.17, 15) is 4.79 Å². The molecule has 2 heterocycles. The molecule has 0 atom stereocenters. The van der Waals surface area contributed by atoms with Crippen molar-refractivity contribution in [3.05, 3.63) is 29.3 Å². The summed E-state index contributed by atoms with van der Waals surface area (Å²) in [7, 11) is 0. The van der Waals surface area contributed by atoms with Crippen LogP contribution in [-0.2, 0) is 9.53 Å². The average molecular weight is 354 g/mol. The highest BCUT2D eigenvalue weighted by Crippen LogP contribution is 2.20. The fourth-order valence-electron chi connectivity index (χ4n) is 2.21. The second-order valence-electron chi connectivity index (χ2n) is 4.94. The van der Waals surface area contributed by atoms with E-state index in [2.05, 4.69) is 15.5 Å². The van der Waals surface area contributed by atoms with Gasteiger partial charge < -0.3 is 9.64 Å². The molecule has 1 aliphatic heterocycles. The molecule has 0 N–H and O–H groups in total. The lowest BCUT2D eigenvalue weighted by Crippen LogP contribution is -2.40. The minimum atomic E-state index is 0.145. The lowest BCUT2D eigenvalue weighted by molar-refractivity contribution is -0.134. The fraction of sp³-hybridized carbons (Fsp3) is 0.429. The maximum Gasteiger partial charge on any atom is 0.223 e. The molecular formula is C14H16ClN5O2S. The van der Waals surface area contributed by atoms with Crippen molar-refractivity contribution in [2.24, 2.45) is 0 Å². The summed E-state index contributed by atoms with van der Waals surface area (Å²) >= 11 is 7.35. The number of nitrogens with zero attached hydrogens (tertiary/aromatic N) is 5. The molecule has 122 valence electrons. The first-order valence-corrected chi connectivity index (χ1v) is 8.63. The molecule has 0 bridgehead atoms. The molecule has 1 amide bonds. The van der Waals surface area contributed by atoms with Crippen LogP contribution in [0.1, 0.15) is 6.42 Å². The van der Waals surface area contributed by atoms with Crippen LogP contribution in [0.3, 0.4) is 0 Å². The first-order chi connectivity index (χ1) is 11.2. The van der Waals surface area contributed by atoms with Crippen LogP contribution >= 0.6 is 23.4 Å². The number of amides is 1. The van der Waals surface area contributed by atoms with E-state index in [1.54, 1.807) is 16.8 Å². The van der Waals surface area contributed by atoms with E-state index in [-0.39, 0.29) is 5.91 Å². The van der Waals surface area contributed by atoms with Crippen molar-refractivity contribution in [3.63, 3.8) is 0 Å². The number of carbonyl (C=O) groups is 1. The molecule has 1 saturated heterocycles. The first-order valence-electron chi connectivity index (χ1n) is 7.27. The third-order valence-corrected chi connectivity index (χ3v) is 4.60. The van der Waals surface area contributed by atoms with Crippen molar-refractivity contribution < 1.29 is 9.53 Å². The minimum Gasteiger partial charge on any atom is -0.378 e. The number of hydrogen-bond acceptors (Lipinski definition) is 6. The van der Waals surface area contributed by atoms with Gasteiger partial charge in [0.1, 0.15) is 0 Å². The van der Waals surface area contributed by atoms with Crippen molar-refractivity contribution in [1.29, 1.82) is 0 Å². The molecule has 0 saturated carbocycles. The van der Waals surface area contributed by atoms with Gasteiger partial charge in [-0.15, -0.1) is 5.10 Å². The zero-order valence-electron chi connectivity index (χ0n) is 12.4. The smallest absolute Gasteiger partial charge is 0.223 e. The Bertz CT molecular complexity index is 657. The van der Waals surface area contributed by atoms with Crippen molar-refractivity contribution in [3.8, 4) is 5.69 Å². The lowest BCUT2D eigenvalue weighted by atomic mass is 10.3. The maximum atomic E-state index is 12.1. The largest absolute Gasteiger partial charge is 0.378 e. The van der Waals surface area contributed by atoms with Crippen molar-refractivity contribution in [1.82, 2.24) is 25.1 Å². The average Bonchev–Trinajstić information content (AvgIpc) is 3.05. The third kappa shape index (κ3) is 4.21. The Morgan fingerprint density at radius 2 is 2.00 bits per heavy atom. The Labute approximate surface area is 142 Å². The minimum absolute atomic E-state index is 0.145. The van der Waals surface area contributed by atoms with Crippen molar-refractivity contribution in [2.45, 2.75) is 11.6 Å². The maximum absolute atomic E-state index is 12.1. The summed E-state index contributed by atoms with van der Waals surface area (Å²) in [6.45, 7) is 2.58. The zero-order chi connectivity index (χ0) is 16.1. The fourth-order valence-corrected chi connectivity index (χ4v) is 3.16. The highest BCUT2D eigenvalue weighted by atomic mass is 35.5. The predicted molar refractivity (Wildman–Crippen MR) is 86.9 cm³/mol. The molecule has 0 radical (unpaired) electrons. The van der Waals surface area contributed by atoms with E-state index in [4.69, 9.17) is 16.3 Å². The van der Waals surface area contributed by atoms with E-state index in [0.29, 0.717) is 48.7 Å². The number of benzene rings is 1. The van der Waals surface area contributed by atoms with Crippen LogP contribution in [0.5, 0.6) is 0 Å². The highest BCUT2D eigenvalue weighted by Gasteiger charge is 2.17. The number of tetrazole rings is 1. The number of carbonyl (C=O) groups excluding carboxylic acids is 1. The van der Waals surface area contributed by atoms with Gasteiger partial charge in [0.05, 0.1) is 18.9 Å². The Kier molecular flexibility index (Phi) is 5.47. The topological polar surface area (TPSA) is 73.1 Å². The van der Waals surface area contributed by atoms with Gasteiger partial charge in [0.2, 0.25) is 11.1 Å². The number of hydrogen-bond donors (Lipinski definition) is 0. The van der Waals surface area contributed by atoms with E-state index < -0.39 is 0 Å². The van der Waals surface area contributed by atoms with Gasteiger partial charge in [0.25, 0.3) is 0 Å². The molecular weight excluding hydrogens is 338 g/mol.